The Balaban J connectivity index is 1.61. The second-order valence-corrected chi connectivity index (χ2v) is 15.6. The molecule has 0 aliphatic carbocycles. The third kappa shape index (κ3) is 10.7. The van der Waals surface area contributed by atoms with Crippen molar-refractivity contribution in [3.63, 3.8) is 0 Å². The first-order valence-corrected chi connectivity index (χ1v) is 18.2. The van der Waals surface area contributed by atoms with Gasteiger partial charge in [-0.25, -0.2) is 4.79 Å². The minimum Gasteiger partial charge on any atom is -0.497 e. The van der Waals surface area contributed by atoms with Crippen molar-refractivity contribution in [3.05, 3.63) is 53.6 Å². The molecule has 0 spiro atoms. The van der Waals surface area contributed by atoms with Crippen LogP contribution >= 0.6 is 35.3 Å². The van der Waals surface area contributed by atoms with Gasteiger partial charge < -0.3 is 14.2 Å². The van der Waals surface area contributed by atoms with Crippen LogP contribution in [0.3, 0.4) is 0 Å². The van der Waals surface area contributed by atoms with E-state index in [-0.39, 0.29) is 16.8 Å². The number of hydrogen-bond donors (Lipinski definition) is 0. The number of carbonyl (C=O) groups is 1. The highest BCUT2D eigenvalue weighted by Gasteiger charge is 2.33. The third-order valence-corrected chi connectivity index (χ3v) is 11.7. The molecule has 0 N–H and O–H groups in total. The van der Waals surface area contributed by atoms with Gasteiger partial charge in [0.1, 0.15) is 17.1 Å². The van der Waals surface area contributed by atoms with Gasteiger partial charge in [-0.15, -0.1) is 35.3 Å². The number of esters is 1. The van der Waals surface area contributed by atoms with Crippen molar-refractivity contribution >= 4 is 51.4 Å². The number of benzene rings is 2. The SMILES string of the molecule is COc1cc(CSc2ccccc2)c(C(=O)OC(C)CCCC2(CCCOS(C)(=O)=O)SCCCS2)c(OC)c1. The maximum atomic E-state index is 13.4. The molecular formula is C29H40O7S4. The fourth-order valence-corrected chi connectivity index (χ4v) is 9.30. The molecule has 222 valence electrons. The van der Waals surface area contributed by atoms with E-state index >= 15 is 0 Å². The van der Waals surface area contributed by atoms with Crippen LogP contribution < -0.4 is 9.47 Å². The molecule has 0 amide bonds. The monoisotopic (exact) mass is 628 g/mol. The highest BCUT2D eigenvalue weighted by Crippen LogP contribution is 2.49. The van der Waals surface area contributed by atoms with Crippen LogP contribution in [0.25, 0.3) is 0 Å². The van der Waals surface area contributed by atoms with Crippen LogP contribution in [0.4, 0.5) is 0 Å². The minimum atomic E-state index is -3.42. The van der Waals surface area contributed by atoms with E-state index in [0.29, 0.717) is 29.2 Å². The molecule has 1 aliphatic rings. The topological polar surface area (TPSA) is 88.1 Å². The van der Waals surface area contributed by atoms with Gasteiger partial charge in [0, 0.05) is 16.7 Å². The first kappa shape index (κ1) is 33.0. The molecule has 1 aliphatic heterocycles. The lowest BCUT2D eigenvalue weighted by atomic mass is 10.1. The summed E-state index contributed by atoms with van der Waals surface area (Å²) in [6.45, 7) is 2.14. The average Bonchev–Trinajstić information content (AvgIpc) is 2.94. The molecule has 1 unspecified atom stereocenters. The van der Waals surface area contributed by atoms with E-state index in [4.69, 9.17) is 18.4 Å². The van der Waals surface area contributed by atoms with Crippen molar-refractivity contribution in [2.24, 2.45) is 0 Å². The Hall–Kier alpha value is -1.53. The summed E-state index contributed by atoms with van der Waals surface area (Å²) < 4.78 is 44.6. The van der Waals surface area contributed by atoms with E-state index in [2.05, 4.69) is 0 Å². The van der Waals surface area contributed by atoms with E-state index in [1.807, 2.05) is 66.8 Å². The van der Waals surface area contributed by atoms with E-state index in [9.17, 15) is 13.2 Å². The molecule has 1 heterocycles. The predicted octanol–water partition coefficient (Wildman–Crippen LogP) is 7.03. The molecule has 1 atom stereocenters. The summed E-state index contributed by atoms with van der Waals surface area (Å²) in [7, 11) is -0.280. The number of methoxy groups -OCH3 is 2. The van der Waals surface area contributed by atoms with E-state index in [1.54, 1.807) is 32.0 Å². The lowest BCUT2D eigenvalue weighted by Crippen LogP contribution is -2.26. The van der Waals surface area contributed by atoms with Gasteiger partial charge in [0.15, 0.2) is 0 Å². The minimum absolute atomic E-state index is 0.0455. The Morgan fingerprint density at radius 2 is 1.75 bits per heavy atom. The summed E-state index contributed by atoms with van der Waals surface area (Å²) in [4.78, 5) is 14.5. The van der Waals surface area contributed by atoms with Gasteiger partial charge >= 0.3 is 5.97 Å². The second kappa shape index (κ2) is 16.2. The van der Waals surface area contributed by atoms with Gasteiger partial charge in [0.2, 0.25) is 0 Å². The Morgan fingerprint density at radius 1 is 1.05 bits per heavy atom. The van der Waals surface area contributed by atoms with Crippen molar-refractivity contribution in [1.29, 1.82) is 0 Å². The van der Waals surface area contributed by atoms with Gasteiger partial charge in [-0.1, -0.05) is 18.2 Å². The zero-order chi connectivity index (χ0) is 29.0. The average molecular weight is 629 g/mol. The summed E-state index contributed by atoms with van der Waals surface area (Å²) in [5, 5.41) is 0. The molecular weight excluding hydrogens is 589 g/mol. The molecule has 11 heteroatoms. The summed E-state index contributed by atoms with van der Waals surface area (Å²) in [5.41, 5.74) is 1.23. The Bertz CT molecular complexity index is 1180. The van der Waals surface area contributed by atoms with Crippen LogP contribution in [0.5, 0.6) is 11.5 Å². The van der Waals surface area contributed by atoms with Gasteiger partial charge in [0.05, 0.1) is 37.3 Å². The molecule has 7 nitrogen and oxygen atoms in total. The van der Waals surface area contributed by atoms with Crippen LogP contribution in [0.2, 0.25) is 0 Å². The smallest absolute Gasteiger partial charge is 0.342 e. The molecule has 2 aromatic carbocycles. The van der Waals surface area contributed by atoms with Crippen LogP contribution in [0.15, 0.2) is 47.4 Å². The molecule has 2 aromatic rings. The molecule has 1 fully saturated rings. The Labute approximate surface area is 252 Å². The molecule has 0 radical (unpaired) electrons. The van der Waals surface area contributed by atoms with Crippen molar-refractivity contribution in [3.8, 4) is 11.5 Å². The van der Waals surface area contributed by atoms with Crippen LogP contribution in [0, 0.1) is 0 Å². The summed E-state index contributed by atoms with van der Waals surface area (Å²) in [6.07, 6.45) is 6.18. The van der Waals surface area contributed by atoms with Gasteiger partial charge in [0.25, 0.3) is 10.1 Å². The molecule has 40 heavy (non-hydrogen) atoms. The number of rotatable bonds is 16. The number of hydrogen-bond acceptors (Lipinski definition) is 10. The molecule has 0 aromatic heterocycles. The molecule has 0 saturated carbocycles. The fourth-order valence-electron chi connectivity index (χ4n) is 4.49. The van der Waals surface area contributed by atoms with E-state index in [0.717, 1.165) is 53.9 Å². The second-order valence-electron chi connectivity index (χ2n) is 9.66. The highest BCUT2D eigenvalue weighted by molar-refractivity contribution is 8.18. The van der Waals surface area contributed by atoms with Crippen LogP contribution in [0.1, 0.15) is 61.4 Å². The lowest BCUT2D eigenvalue weighted by Gasteiger charge is -2.36. The van der Waals surface area contributed by atoms with Gasteiger partial charge in [-0.2, -0.15) is 8.42 Å². The first-order valence-electron chi connectivity index (χ1n) is 13.4. The van der Waals surface area contributed by atoms with Crippen molar-refractivity contribution in [2.75, 3.05) is 38.6 Å². The van der Waals surface area contributed by atoms with Gasteiger partial charge in [-0.3, -0.25) is 4.18 Å². The van der Waals surface area contributed by atoms with Crippen LogP contribution in [-0.2, 0) is 24.8 Å². The maximum Gasteiger partial charge on any atom is 0.342 e. The van der Waals surface area contributed by atoms with E-state index < -0.39 is 16.1 Å². The molecule has 1 saturated heterocycles. The maximum absolute atomic E-state index is 13.4. The quantitative estimate of drug-likeness (QED) is 0.0835. The number of carbonyl (C=O) groups excluding carboxylic acids is 1. The third-order valence-electron chi connectivity index (χ3n) is 6.45. The summed E-state index contributed by atoms with van der Waals surface area (Å²) in [5.74, 6) is 3.43. The Kier molecular flexibility index (Phi) is 13.4. The van der Waals surface area contributed by atoms with Crippen molar-refractivity contribution < 1.29 is 31.6 Å². The lowest BCUT2D eigenvalue weighted by molar-refractivity contribution is 0.0314. The normalized spacial score (nSPS) is 15.8. The molecule has 3 rings (SSSR count). The first-order chi connectivity index (χ1) is 19.1. The zero-order valence-corrected chi connectivity index (χ0v) is 26.9. The predicted molar refractivity (Wildman–Crippen MR) is 167 cm³/mol. The summed E-state index contributed by atoms with van der Waals surface area (Å²) in [6, 6.07) is 13.6. The fraction of sp³-hybridized carbons (Fsp3) is 0.552. The Morgan fingerprint density at radius 3 is 2.40 bits per heavy atom. The summed E-state index contributed by atoms with van der Waals surface area (Å²) >= 11 is 5.56. The number of ether oxygens (including phenoxy) is 3. The highest BCUT2D eigenvalue weighted by atomic mass is 32.2. The largest absolute Gasteiger partial charge is 0.497 e. The van der Waals surface area contributed by atoms with Gasteiger partial charge in [-0.05, 0) is 80.7 Å². The van der Waals surface area contributed by atoms with Crippen LogP contribution in [-0.4, -0.2) is 63.2 Å². The van der Waals surface area contributed by atoms with Crippen molar-refractivity contribution in [2.45, 2.75) is 66.3 Å². The van der Waals surface area contributed by atoms with Crippen molar-refractivity contribution in [1.82, 2.24) is 0 Å². The zero-order valence-electron chi connectivity index (χ0n) is 23.7. The standard InChI is InChI=1S/C29H40O7S4/c1-22(11-8-14-29(38-17-10-18-39-29)15-9-16-35-40(4,31)32)36-28(30)27-23(19-24(33-2)20-26(27)34-3)21-37-25-12-6-5-7-13-25/h5-7,12-13,19-20,22H,8-11,14-18,21H2,1-4H3. The molecule has 0 bridgehead atoms. The number of thioether (sulfide) groups is 3. The van der Waals surface area contributed by atoms with E-state index in [1.165, 1.54) is 6.42 Å².